The van der Waals surface area contributed by atoms with Gasteiger partial charge in [-0.25, -0.2) is 4.99 Å². The minimum atomic E-state index is -4.48. The second-order valence-corrected chi connectivity index (χ2v) is 6.17. The number of fused-ring (bicyclic) bond motifs is 2. The summed E-state index contributed by atoms with van der Waals surface area (Å²) in [6, 6.07) is 8.44. The van der Waals surface area contributed by atoms with Crippen LogP contribution in [0.3, 0.4) is 0 Å². The van der Waals surface area contributed by atoms with Crippen molar-refractivity contribution in [1.82, 2.24) is 0 Å². The van der Waals surface area contributed by atoms with Gasteiger partial charge in [0.25, 0.3) is 5.91 Å². The van der Waals surface area contributed by atoms with Crippen LogP contribution in [0.25, 0.3) is 0 Å². The van der Waals surface area contributed by atoms with Crippen LogP contribution in [0, 0.1) is 33.5 Å². The molecule has 3 aliphatic rings. The van der Waals surface area contributed by atoms with E-state index < -0.39 is 34.4 Å². The van der Waals surface area contributed by atoms with E-state index in [4.69, 9.17) is 15.2 Å². The van der Waals surface area contributed by atoms with Crippen LogP contribution in [-0.4, -0.2) is 25.0 Å². The van der Waals surface area contributed by atoms with Crippen molar-refractivity contribution < 1.29 is 22.6 Å². The molecule has 1 saturated carbocycles. The maximum atomic E-state index is 12.8. The smallest absolute Gasteiger partial charge is 0.386 e. The number of nitrogens with zero attached hydrogens (tertiary/aromatic N) is 3. The lowest BCUT2D eigenvalue weighted by Gasteiger charge is -2.25. The summed E-state index contributed by atoms with van der Waals surface area (Å²) in [5, 5.41) is 19.6. The predicted octanol–water partition coefficient (Wildman–Crippen LogP) is 1.89. The Kier molecular flexibility index (Phi) is 2.86. The molecule has 25 heavy (non-hydrogen) atoms. The number of nitriles is 2. The average molecular weight is 348 g/mol. The quantitative estimate of drug-likeness (QED) is 0.834. The van der Waals surface area contributed by atoms with Crippen molar-refractivity contribution >= 4 is 5.84 Å². The standard InChI is InChI=1S/C16H11F3N4O2/c17-15(18,19)10-3-1-9(2-4-10)11-13(7-20)12(22)23-16(14(11,13)8-21)24-5-6-25-16/h1-4,11H,5-6H2,(H2,22,23). The van der Waals surface area contributed by atoms with E-state index in [1.54, 1.807) is 0 Å². The molecule has 1 saturated heterocycles. The van der Waals surface area contributed by atoms with Crippen LogP contribution in [-0.2, 0) is 15.7 Å². The molecule has 6 nitrogen and oxygen atoms in total. The van der Waals surface area contributed by atoms with Crippen LogP contribution in [0.2, 0.25) is 0 Å². The zero-order chi connectivity index (χ0) is 18.1. The van der Waals surface area contributed by atoms with Crippen LogP contribution < -0.4 is 5.73 Å². The Hall–Kier alpha value is -2.62. The highest BCUT2D eigenvalue weighted by Gasteiger charge is 2.94. The molecule has 0 bridgehead atoms. The molecular weight excluding hydrogens is 337 g/mol. The molecule has 2 heterocycles. The number of halogens is 3. The van der Waals surface area contributed by atoms with Crippen LogP contribution in [0.5, 0.6) is 0 Å². The Balaban J connectivity index is 1.83. The predicted molar refractivity (Wildman–Crippen MR) is 76.5 cm³/mol. The first-order valence-corrected chi connectivity index (χ1v) is 7.42. The van der Waals surface area contributed by atoms with Gasteiger partial charge in [0, 0.05) is 5.92 Å². The maximum Gasteiger partial charge on any atom is 0.416 e. The monoisotopic (exact) mass is 348 g/mol. The molecule has 0 radical (unpaired) electrons. The van der Waals surface area contributed by atoms with E-state index in [0.717, 1.165) is 12.1 Å². The maximum absolute atomic E-state index is 12.8. The number of hydrogen-bond donors (Lipinski definition) is 1. The van der Waals surface area contributed by atoms with Gasteiger partial charge in [0.05, 0.1) is 30.9 Å². The summed E-state index contributed by atoms with van der Waals surface area (Å²) in [4.78, 5) is 4.09. The largest absolute Gasteiger partial charge is 0.416 e. The van der Waals surface area contributed by atoms with E-state index >= 15 is 0 Å². The number of nitrogens with two attached hydrogens (primary N) is 1. The van der Waals surface area contributed by atoms with Crippen LogP contribution in [0.15, 0.2) is 29.3 Å². The number of ether oxygens (including phenoxy) is 2. The van der Waals surface area contributed by atoms with E-state index in [0.29, 0.717) is 5.56 Å². The van der Waals surface area contributed by atoms with Crippen LogP contribution in [0.4, 0.5) is 13.2 Å². The lowest BCUT2D eigenvalue weighted by Crippen LogP contribution is -2.38. The molecule has 2 aliphatic heterocycles. The minimum Gasteiger partial charge on any atom is -0.386 e. The summed E-state index contributed by atoms with van der Waals surface area (Å²) in [5.41, 5.74) is 2.51. The molecular formula is C16H11F3N4O2. The number of aliphatic imine (C=N–C) groups is 1. The van der Waals surface area contributed by atoms with E-state index in [9.17, 15) is 23.7 Å². The molecule has 1 aromatic carbocycles. The summed E-state index contributed by atoms with van der Waals surface area (Å²) in [7, 11) is 0. The molecule has 0 aromatic heterocycles. The second kappa shape index (κ2) is 4.51. The van der Waals surface area contributed by atoms with Crippen molar-refractivity contribution in [2.45, 2.75) is 18.0 Å². The highest BCUT2D eigenvalue weighted by molar-refractivity contribution is 6.00. The lowest BCUT2D eigenvalue weighted by molar-refractivity contribution is -0.184. The van der Waals surface area contributed by atoms with Crippen LogP contribution >= 0.6 is 0 Å². The number of alkyl halides is 3. The van der Waals surface area contributed by atoms with Crippen molar-refractivity contribution in [3.05, 3.63) is 35.4 Å². The Morgan fingerprint density at radius 3 is 2.20 bits per heavy atom. The summed E-state index contributed by atoms with van der Waals surface area (Å²) in [5.74, 6) is -2.56. The van der Waals surface area contributed by atoms with Gasteiger partial charge in [-0.05, 0) is 17.7 Å². The van der Waals surface area contributed by atoms with Crippen molar-refractivity contribution in [3.8, 4) is 12.1 Å². The van der Waals surface area contributed by atoms with E-state index in [-0.39, 0.29) is 19.0 Å². The van der Waals surface area contributed by atoms with E-state index in [1.807, 2.05) is 6.07 Å². The summed E-state index contributed by atoms with van der Waals surface area (Å²) >= 11 is 0. The second-order valence-electron chi connectivity index (χ2n) is 6.17. The fraction of sp³-hybridized carbons (Fsp3) is 0.438. The van der Waals surface area contributed by atoms with Gasteiger partial charge in [-0.3, -0.25) is 0 Å². The number of amidine groups is 1. The van der Waals surface area contributed by atoms with Gasteiger partial charge in [-0.15, -0.1) is 0 Å². The van der Waals surface area contributed by atoms with Crippen molar-refractivity contribution in [3.63, 3.8) is 0 Å². The third-order valence-electron chi connectivity index (χ3n) is 5.18. The van der Waals surface area contributed by atoms with E-state index in [1.165, 1.54) is 12.1 Å². The third-order valence-corrected chi connectivity index (χ3v) is 5.18. The Labute approximate surface area is 140 Å². The fourth-order valence-electron chi connectivity index (χ4n) is 4.08. The molecule has 4 rings (SSSR count). The first kappa shape index (κ1) is 15.9. The summed E-state index contributed by atoms with van der Waals surface area (Å²) in [6.45, 7) is 0.364. The highest BCUT2D eigenvalue weighted by Crippen LogP contribution is 2.82. The third kappa shape index (κ3) is 1.58. The Morgan fingerprint density at radius 2 is 1.72 bits per heavy atom. The van der Waals surface area contributed by atoms with Crippen molar-refractivity contribution in [1.29, 1.82) is 10.5 Å². The van der Waals surface area contributed by atoms with Crippen molar-refractivity contribution in [2.75, 3.05) is 13.2 Å². The molecule has 128 valence electrons. The number of rotatable bonds is 1. The minimum absolute atomic E-state index is 0.0941. The van der Waals surface area contributed by atoms with Crippen molar-refractivity contribution in [2.24, 2.45) is 21.6 Å². The molecule has 3 unspecified atom stereocenters. The van der Waals surface area contributed by atoms with Gasteiger partial charge >= 0.3 is 6.18 Å². The number of benzene rings is 1. The fourth-order valence-corrected chi connectivity index (χ4v) is 4.08. The molecule has 2 fully saturated rings. The molecule has 1 aliphatic carbocycles. The van der Waals surface area contributed by atoms with Gasteiger partial charge in [-0.2, -0.15) is 23.7 Å². The lowest BCUT2D eigenvalue weighted by atomic mass is 9.94. The van der Waals surface area contributed by atoms with Gasteiger partial charge in [0.1, 0.15) is 11.3 Å². The molecule has 1 spiro atoms. The zero-order valence-corrected chi connectivity index (χ0v) is 12.7. The molecule has 9 heteroatoms. The molecule has 0 amide bonds. The SMILES string of the molecule is N#CC12C(N)=NC3(OCCO3)C1(C#N)C2c1ccc(C(F)(F)F)cc1. The highest BCUT2D eigenvalue weighted by atomic mass is 19.4. The Bertz CT molecular complexity index is 861. The normalized spacial score (nSPS) is 34.9. The average Bonchev–Trinajstić information content (AvgIpc) is 2.83. The number of hydrogen-bond acceptors (Lipinski definition) is 6. The zero-order valence-electron chi connectivity index (χ0n) is 12.7. The van der Waals surface area contributed by atoms with Gasteiger partial charge in [0.15, 0.2) is 5.41 Å². The summed E-state index contributed by atoms with van der Waals surface area (Å²) < 4.78 is 49.4. The topological polar surface area (TPSA) is 104 Å². The van der Waals surface area contributed by atoms with Gasteiger partial charge in [0.2, 0.25) is 0 Å². The van der Waals surface area contributed by atoms with Crippen LogP contribution in [0.1, 0.15) is 17.0 Å². The van der Waals surface area contributed by atoms with Gasteiger partial charge in [-0.1, -0.05) is 12.1 Å². The summed E-state index contributed by atoms with van der Waals surface area (Å²) in [6.07, 6.45) is -4.48. The Morgan fingerprint density at radius 1 is 1.12 bits per heavy atom. The van der Waals surface area contributed by atoms with Gasteiger partial charge < -0.3 is 15.2 Å². The molecule has 2 N–H and O–H groups in total. The molecule has 1 aromatic rings. The first-order valence-electron chi connectivity index (χ1n) is 7.42. The molecule has 3 atom stereocenters. The first-order chi connectivity index (χ1) is 11.8. The van der Waals surface area contributed by atoms with E-state index in [2.05, 4.69) is 11.1 Å².